The van der Waals surface area contributed by atoms with Crippen LogP contribution < -0.4 is 5.73 Å². The lowest BCUT2D eigenvalue weighted by Gasteiger charge is -2.26. The second kappa shape index (κ2) is 5.92. The Morgan fingerprint density at radius 3 is 2.68 bits per heavy atom. The van der Waals surface area contributed by atoms with Gasteiger partial charge in [-0.05, 0) is 37.0 Å². The molecule has 1 unspecified atom stereocenters. The lowest BCUT2D eigenvalue weighted by molar-refractivity contribution is -0.146. The minimum atomic E-state index is -0.911. The highest BCUT2D eigenvalue weighted by Gasteiger charge is 2.48. The van der Waals surface area contributed by atoms with Gasteiger partial charge in [-0.2, -0.15) is 0 Å². The second-order valence-corrected chi connectivity index (χ2v) is 6.53. The highest BCUT2D eigenvalue weighted by Crippen LogP contribution is 2.42. The third kappa shape index (κ3) is 3.37. The first-order valence-corrected chi connectivity index (χ1v) is 7.66. The number of rotatable bonds is 5. The Bertz CT molecular complexity index is 494. The Balaban J connectivity index is 2.06. The molecule has 1 aliphatic rings. The maximum atomic E-state index is 11.8. The van der Waals surface area contributed by atoms with E-state index >= 15 is 0 Å². The van der Waals surface area contributed by atoms with Crippen molar-refractivity contribution < 1.29 is 9.53 Å². The molecule has 1 aromatic rings. The zero-order valence-electron chi connectivity index (χ0n) is 10.5. The van der Waals surface area contributed by atoms with Gasteiger partial charge >= 0.3 is 5.97 Å². The van der Waals surface area contributed by atoms with Crippen molar-refractivity contribution in [3.63, 3.8) is 0 Å². The van der Waals surface area contributed by atoms with Crippen LogP contribution in [-0.2, 0) is 9.53 Å². The fraction of sp³-hybridized carbons (Fsp3) is 0.462. The summed E-state index contributed by atoms with van der Waals surface area (Å²) in [4.78, 5) is 12.8. The first-order valence-electron chi connectivity index (χ1n) is 5.92. The van der Waals surface area contributed by atoms with Gasteiger partial charge in [0.25, 0.3) is 0 Å². The number of carbonyl (C=O) groups is 1. The number of carbonyl (C=O) groups excluding carboxylic acids is 1. The van der Waals surface area contributed by atoms with Crippen molar-refractivity contribution in [3.05, 3.63) is 28.2 Å². The second-order valence-electron chi connectivity index (χ2n) is 4.67. The minimum Gasteiger partial charge on any atom is -0.468 e. The molecule has 0 bridgehead atoms. The molecule has 1 aliphatic carbocycles. The zero-order chi connectivity index (χ0) is 14.0. The summed E-state index contributed by atoms with van der Waals surface area (Å²) in [5.41, 5.74) is 5.31. The van der Waals surface area contributed by atoms with Crippen LogP contribution in [0.3, 0.4) is 0 Å². The van der Waals surface area contributed by atoms with Gasteiger partial charge in [0.05, 0.1) is 17.2 Å². The van der Waals surface area contributed by atoms with Gasteiger partial charge in [-0.3, -0.25) is 4.79 Å². The molecule has 1 atom stereocenters. The molecule has 0 amide bonds. The van der Waals surface area contributed by atoms with Crippen LogP contribution in [0.1, 0.15) is 12.8 Å². The van der Waals surface area contributed by atoms with Crippen molar-refractivity contribution in [3.8, 4) is 0 Å². The molecule has 0 spiro atoms. The predicted molar refractivity (Wildman–Crippen MR) is 78.8 cm³/mol. The first kappa shape index (κ1) is 15.0. The van der Waals surface area contributed by atoms with E-state index in [-0.39, 0.29) is 11.9 Å². The van der Waals surface area contributed by atoms with Crippen LogP contribution in [0.25, 0.3) is 0 Å². The molecule has 2 rings (SSSR count). The van der Waals surface area contributed by atoms with Crippen LogP contribution in [0, 0.1) is 5.92 Å². The molecule has 0 heterocycles. The maximum Gasteiger partial charge on any atom is 0.327 e. The molecule has 2 N–H and O–H groups in total. The van der Waals surface area contributed by atoms with Crippen LogP contribution >= 0.6 is 35.0 Å². The van der Waals surface area contributed by atoms with E-state index in [2.05, 4.69) is 0 Å². The Morgan fingerprint density at radius 2 is 2.16 bits per heavy atom. The summed E-state index contributed by atoms with van der Waals surface area (Å²) in [6.07, 6.45) is 1.96. The van der Waals surface area contributed by atoms with Gasteiger partial charge in [0.1, 0.15) is 5.54 Å². The summed E-state index contributed by atoms with van der Waals surface area (Å²) in [7, 11) is 1.37. The van der Waals surface area contributed by atoms with Crippen molar-refractivity contribution in [2.24, 2.45) is 11.7 Å². The number of hydrogen-bond acceptors (Lipinski definition) is 4. The SMILES string of the molecule is COC(=O)C(N)(CSc1ccc(Cl)c(Cl)c1)C1CC1. The van der Waals surface area contributed by atoms with Crippen molar-refractivity contribution in [2.75, 3.05) is 12.9 Å². The van der Waals surface area contributed by atoms with Gasteiger partial charge in [0.2, 0.25) is 0 Å². The van der Waals surface area contributed by atoms with Gasteiger partial charge in [-0.15, -0.1) is 11.8 Å². The van der Waals surface area contributed by atoms with Gasteiger partial charge in [0.15, 0.2) is 0 Å². The molecule has 3 nitrogen and oxygen atoms in total. The third-order valence-corrected chi connectivity index (χ3v) is 5.19. The summed E-state index contributed by atoms with van der Waals surface area (Å²) >= 11 is 13.3. The van der Waals surface area contributed by atoms with Gasteiger partial charge in [0, 0.05) is 10.6 Å². The Labute approximate surface area is 126 Å². The number of methoxy groups -OCH3 is 1. The Morgan fingerprint density at radius 1 is 1.47 bits per heavy atom. The largest absolute Gasteiger partial charge is 0.468 e. The van der Waals surface area contributed by atoms with Crippen molar-refractivity contribution in [1.82, 2.24) is 0 Å². The van der Waals surface area contributed by atoms with E-state index in [9.17, 15) is 4.79 Å². The van der Waals surface area contributed by atoms with E-state index in [0.717, 1.165) is 17.7 Å². The monoisotopic (exact) mass is 319 g/mol. The Hall–Kier alpha value is -0.420. The van der Waals surface area contributed by atoms with Crippen molar-refractivity contribution >= 4 is 40.9 Å². The Kier molecular flexibility index (Phi) is 4.66. The number of halogens is 2. The third-order valence-electron chi connectivity index (χ3n) is 3.24. The van der Waals surface area contributed by atoms with Crippen LogP contribution in [0.15, 0.2) is 23.1 Å². The van der Waals surface area contributed by atoms with Gasteiger partial charge in [-0.1, -0.05) is 23.2 Å². The topological polar surface area (TPSA) is 52.3 Å². The molecule has 0 aliphatic heterocycles. The van der Waals surface area contributed by atoms with Crippen LogP contribution in [0.4, 0.5) is 0 Å². The standard InChI is InChI=1S/C13H15Cl2NO2S/c1-18-12(17)13(16,8-2-3-8)7-19-9-4-5-10(14)11(15)6-9/h4-6,8H,2-3,7,16H2,1H3. The first-order chi connectivity index (χ1) is 8.97. The van der Waals surface area contributed by atoms with Crippen molar-refractivity contribution in [1.29, 1.82) is 0 Å². The number of benzene rings is 1. The number of hydrogen-bond donors (Lipinski definition) is 1. The fourth-order valence-electron chi connectivity index (χ4n) is 1.90. The minimum absolute atomic E-state index is 0.218. The molecule has 0 saturated heterocycles. The van der Waals surface area contributed by atoms with Crippen molar-refractivity contribution in [2.45, 2.75) is 23.3 Å². The van der Waals surface area contributed by atoms with E-state index in [1.807, 2.05) is 6.07 Å². The van der Waals surface area contributed by atoms with E-state index in [1.165, 1.54) is 18.9 Å². The lowest BCUT2D eigenvalue weighted by atomic mass is 9.97. The zero-order valence-corrected chi connectivity index (χ0v) is 12.8. The number of ether oxygens (including phenoxy) is 1. The van der Waals surface area contributed by atoms with Crippen LogP contribution in [-0.4, -0.2) is 24.4 Å². The highest BCUT2D eigenvalue weighted by atomic mass is 35.5. The van der Waals surface area contributed by atoms with E-state index < -0.39 is 5.54 Å². The number of esters is 1. The molecule has 1 fully saturated rings. The van der Waals surface area contributed by atoms with Gasteiger partial charge < -0.3 is 10.5 Å². The fourth-order valence-corrected chi connectivity index (χ4v) is 3.39. The molecule has 6 heteroatoms. The van der Waals surface area contributed by atoms with Gasteiger partial charge in [-0.25, -0.2) is 0 Å². The molecule has 1 aromatic carbocycles. The average molecular weight is 320 g/mol. The van der Waals surface area contributed by atoms with Crippen LogP contribution in [0.2, 0.25) is 10.0 Å². The van der Waals surface area contributed by atoms with Crippen LogP contribution in [0.5, 0.6) is 0 Å². The summed E-state index contributed by atoms with van der Waals surface area (Å²) in [6, 6.07) is 5.38. The molecule has 1 saturated carbocycles. The van der Waals surface area contributed by atoms with E-state index in [0.29, 0.717) is 15.8 Å². The summed E-state index contributed by atoms with van der Waals surface area (Å²) in [6.45, 7) is 0. The average Bonchev–Trinajstić information content (AvgIpc) is 3.23. The summed E-state index contributed by atoms with van der Waals surface area (Å²) < 4.78 is 4.82. The normalized spacial score (nSPS) is 17.9. The quantitative estimate of drug-likeness (QED) is 0.667. The number of nitrogens with two attached hydrogens (primary N) is 1. The smallest absolute Gasteiger partial charge is 0.327 e. The molecule has 19 heavy (non-hydrogen) atoms. The molecular weight excluding hydrogens is 305 g/mol. The maximum absolute atomic E-state index is 11.8. The highest BCUT2D eigenvalue weighted by molar-refractivity contribution is 7.99. The molecular formula is C13H15Cl2NO2S. The lowest BCUT2D eigenvalue weighted by Crippen LogP contribution is -2.53. The molecule has 0 aromatic heterocycles. The summed E-state index contributed by atoms with van der Waals surface area (Å²) in [5, 5.41) is 1.01. The van der Waals surface area contributed by atoms with E-state index in [1.54, 1.807) is 12.1 Å². The number of thioether (sulfide) groups is 1. The summed E-state index contributed by atoms with van der Waals surface area (Å²) in [5.74, 6) is 0.347. The van der Waals surface area contributed by atoms with E-state index in [4.69, 9.17) is 33.7 Å². The predicted octanol–water partition coefficient (Wildman–Crippen LogP) is 3.37. The molecule has 0 radical (unpaired) electrons. The molecule has 104 valence electrons.